The van der Waals surface area contributed by atoms with Gasteiger partial charge in [0, 0.05) is 22.0 Å². The fourth-order valence-electron chi connectivity index (χ4n) is 1.49. The van der Waals surface area contributed by atoms with Gasteiger partial charge in [0.05, 0.1) is 0 Å². The minimum Gasteiger partial charge on any atom is -0.399 e. The van der Waals surface area contributed by atoms with E-state index in [9.17, 15) is 9.18 Å². The molecule has 0 aliphatic heterocycles. The van der Waals surface area contributed by atoms with Gasteiger partial charge in [0.25, 0.3) is 5.91 Å². The molecule has 0 saturated carbocycles. The van der Waals surface area contributed by atoms with E-state index in [1.807, 2.05) is 0 Å². The number of benzene rings is 2. The number of amides is 1. The molecule has 3 nitrogen and oxygen atoms in total. The second-order valence-corrected chi connectivity index (χ2v) is 4.17. The Morgan fingerprint density at radius 1 is 1.17 bits per heavy atom. The van der Waals surface area contributed by atoms with Gasteiger partial charge < -0.3 is 11.1 Å². The zero-order valence-electron chi connectivity index (χ0n) is 9.28. The molecular formula is C13H10ClFN2O. The highest BCUT2D eigenvalue weighted by Crippen LogP contribution is 2.17. The van der Waals surface area contributed by atoms with Crippen LogP contribution >= 0.6 is 11.6 Å². The number of nitrogens with one attached hydrogen (secondary N) is 1. The standard InChI is InChI=1S/C13H10ClFN2O/c14-9-3-1-8(2-4-9)13(18)17-12-6-10(15)5-11(16)7-12/h1-7H,16H2,(H,17,18). The van der Waals surface area contributed by atoms with Crippen LogP contribution in [-0.4, -0.2) is 5.91 Å². The summed E-state index contributed by atoms with van der Waals surface area (Å²) in [6.07, 6.45) is 0. The molecule has 0 saturated heterocycles. The van der Waals surface area contributed by atoms with Gasteiger partial charge in [0.15, 0.2) is 0 Å². The molecule has 2 aromatic rings. The molecule has 2 rings (SSSR count). The van der Waals surface area contributed by atoms with E-state index < -0.39 is 5.82 Å². The maximum absolute atomic E-state index is 13.1. The van der Waals surface area contributed by atoms with Crippen LogP contribution in [0.5, 0.6) is 0 Å². The third-order valence-electron chi connectivity index (χ3n) is 2.28. The number of anilines is 2. The van der Waals surface area contributed by atoms with Crippen molar-refractivity contribution in [3.05, 3.63) is 58.9 Å². The van der Waals surface area contributed by atoms with Crippen molar-refractivity contribution in [2.45, 2.75) is 0 Å². The highest BCUT2D eigenvalue weighted by atomic mass is 35.5. The van der Waals surface area contributed by atoms with E-state index in [0.29, 0.717) is 16.3 Å². The molecular weight excluding hydrogens is 255 g/mol. The first kappa shape index (κ1) is 12.4. The summed E-state index contributed by atoms with van der Waals surface area (Å²) in [5.74, 6) is -0.849. The number of nitrogens with two attached hydrogens (primary N) is 1. The Morgan fingerprint density at radius 2 is 1.83 bits per heavy atom. The molecule has 3 N–H and O–H groups in total. The van der Waals surface area contributed by atoms with Gasteiger partial charge in [-0.05, 0) is 42.5 Å². The van der Waals surface area contributed by atoms with Crippen LogP contribution in [0.2, 0.25) is 5.02 Å². The molecule has 0 unspecified atom stereocenters. The van der Waals surface area contributed by atoms with Crippen LogP contribution in [0.3, 0.4) is 0 Å². The van der Waals surface area contributed by atoms with Crippen LogP contribution in [0.1, 0.15) is 10.4 Å². The van der Waals surface area contributed by atoms with Crippen LogP contribution in [0.4, 0.5) is 15.8 Å². The molecule has 0 atom stereocenters. The lowest BCUT2D eigenvalue weighted by molar-refractivity contribution is 0.102. The van der Waals surface area contributed by atoms with Crippen LogP contribution in [0, 0.1) is 5.82 Å². The zero-order valence-corrected chi connectivity index (χ0v) is 10.0. The lowest BCUT2D eigenvalue weighted by Gasteiger charge is -2.06. The molecule has 2 aromatic carbocycles. The normalized spacial score (nSPS) is 10.1. The summed E-state index contributed by atoms with van der Waals surface area (Å²) in [6.45, 7) is 0. The number of hydrogen-bond acceptors (Lipinski definition) is 2. The zero-order chi connectivity index (χ0) is 13.1. The fourth-order valence-corrected chi connectivity index (χ4v) is 1.62. The molecule has 0 radical (unpaired) electrons. The lowest BCUT2D eigenvalue weighted by Crippen LogP contribution is -2.12. The van der Waals surface area contributed by atoms with Gasteiger partial charge in [0.2, 0.25) is 0 Å². The molecule has 0 aromatic heterocycles. The van der Waals surface area contributed by atoms with E-state index in [-0.39, 0.29) is 11.6 Å². The Labute approximate surface area is 108 Å². The Balaban J connectivity index is 2.18. The van der Waals surface area contributed by atoms with Crippen molar-refractivity contribution in [2.75, 3.05) is 11.1 Å². The van der Waals surface area contributed by atoms with Crippen molar-refractivity contribution >= 4 is 28.9 Å². The smallest absolute Gasteiger partial charge is 0.255 e. The summed E-state index contributed by atoms with van der Waals surface area (Å²) in [7, 11) is 0. The second-order valence-electron chi connectivity index (χ2n) is 3.73. The largest absolute Gasteiger partial charge is 0.399 e. The van der Waals surface area contributed by atoms with Gasteiger partial charge in [-0.2, -0.15) is 0 Å². The van der Waals surface area contributed by atoms with Gasteiger partial charge >= 0.3 is 0 Å². The van der Waals surface area contributed by atoms with E-state index in [1.54, 1.807) is 24.3 Å². The van der Waals surface area contributed by atoms with Crippen molar-refractivity contribution in [1.82, 2.24) is 0 Å². The van der Waals surface area contributed by atoms with Crippen LogP contribution < -0.4 is 11.1 Å². The predicted molar refractivity (Wildman–Crippen MR) is 70.2 cm³/mol. The van der Waals surface area contributed by atoms with E-state index in [4.69, 9.17) is 17.3 Å². The van der Waals surface area contributed by atoms with E-state index >= 15 is 0 Å². The third-order valence-corrected chi connectivity index (χ3v) is 2.54. The SMILES string of the molecule is Nc1cc(F)cc(NC(=O)c2ccc(Cl)cc2)c1. The summed E-state index contributed by atoms with van der Waals surface area (Å²) in [5.41, 5.74) is 6.48. The molecule has 18 heavy (non-hydrogen) atoms. The Morgan fingerprint density at radius 3 is 2.44 bits per heavy atom. The monoisotopic (exact) mass is 264 g/mol. The van der Waals surface area contributed by atoms with Crippen molar-refractivity contribution in [3.8, 4) is 0 Å². The summed E-state index contributed by atoms with van der Waals surface area (Å²) in [6, 6.07) is 10.2. The Bertz CT molecular complexity index is 564. The molecule has 0 aliphatic carbocycles. The topological polar surface area (TPSA) is 55.1 Å². The average molecular weight is 265 g/mol. The van der Waals surface area contributed by atoms with Crippen LogP contribution in [0.25, 0.3) is 0 Å². The number of carbonyl (C=O) groups excluding carboxylic acids is 1. The van der Waals surface area contributed by atoms with Gasteiger partial charge in [-0.25, -0.2) is 4.39 Å². The summed E-state index contributed by atoms with van der Waals surface area (Å²) in [5, 5.41) is 3.10. The van der Waals surface area contributed by atoms with Gasteiger partial charge in [-0.1, -0.05) is 11.6 Å². The van der Waals surface area contributed by atoms with Gasteiger partial charge in [0.1, 0.15) is 5.82 Å². The van der Waals surface area contributed by atoms with Crippen molar-refractivity contribution in [1.29, 1.82) is 0 Å². The lowest BCUT2D eigenvalue weighted by atomic mass is 10.2. The number of rotatable bonds is 2. The van der Waals surface area contributed by atoms with Crippen molar-refractivity contribution < 1.29 is 9.18 Å². The first-order chi connectivity index (χ1) is 8.54. The first-order valence-corrected chi connectivity index (χ1v) is 5.55. The number of carbonyl (C=O) groups is 1. The number of hydrogen-bond donors (Lipinski definition) is 2. The first-order valence-electron chi connectivity index (χ1n) is 5.17. The second kappa shape index (κ2) is 5.06. The highest BCUT2D eigenvalue weighted by molar-refractivity contribution is 6.30. The molecule has 5 heteroatoms. The highest BCUT2D eigenvalue weighted by Gasteiger charge is 2.07. The van der Waals surface area contributed by atoms with Crippen LogP contribution in [0.15, 0.2) is 42.5 Å². The average Bonchev–Trinajstić information content (AvgIpc) is 2.28. The summed E-state index contributed by atoms with van der Waals surface area (Å²) >= 11 is 5.72. The van der Waals surface area contributed by atoms with E-state index in [2.05, 4.69) is 5.32 Å². The van der Waals surface area contributed by atoms with Crippen LogP contribution in [-0.2, 0) is 0 Å². The Kier molecular flexibility index (Phi) is 3.48. The molecule has 0 aliphatic rings. The molecule has 92 valence electrons. The minimum atomic E-state index is -0.499. The predicted octanol–water partition coefficient (Wildman–Crippen LogP) is 3.31. The maximum atomic E-state index is 13.1. The molecule has 0 fully saturated rings. The minimum absolute atomic E-state index is 0.251. The molecule has 1 amide bonds. The number of nitrogen functional groups attached to an aromatic ring is 1. The quantitative estimate of drug-likeness (QED) is 0.818. The van der Waals surface area contributed by atoms with Crippen molar-refractivity contribution in [3.63, 3.8) is 0 Å². The van der Waals surface area contributed by atoms with E-state index in [1.165, 1.54) is 18.2 Å². The third kappa shape index (κ3) is 2.99. The molecule has 0 spiro atoms. The van der Waals surface area contributed by atoms with Crippen molar-refractivity contribution in [2.24, 2.45) is 0 Å². The number of halogens is 2. The maximum Gasteiger partial charge on any atom is 0.255 e. The Hall–Kier alpha value is -2.07. The fraction of sp³-hybridized carbons (Fsp3) is 0. The van der Waals surface area contributed by atoms with E-state index in [0.717, 1.165) is 0 Å². The van der Waals surface area contributed by atoms with Gasteiger partial charge in [-0.3, -0.25) is 4.79 Å². The summed E-state index contributed by atoms with van der Waals surface area (Å²) < 4.78 is 13.1. The summed E-state index contributed by atoms with van der Waals surface area (Å²) in [4.78, 5) is 11.8. The molecule has 0 bridgehead atoms. The van der Waals surface area contributed by atoms with Gasteiger partial charge in [-0.15, -0.1) is 0 Å². The molecule has 0 heterocycles.